The van der Waals surface area contributed by atoms with Crippen LogP contribution in [-0.4, -0.2) is 54.5 Å². The minimum Gasteiger partial charge on any atom is -0.469 e. The molecule has 0 saturated carbocycles. The molecule has 0 bridgehead atoms. The SMILES string of the molecule is COC(=O)C1CCN(C(=O)COC(=O)c2ccc(Oc3ccc(Cl)cc3[N+](=O)[O-])cc2)CC1. The van der Waals surface area contributed by atoms with Gasteiger partial charge in [0.1, 0.15) is 5.75 Å². The molecule has 0 spiro atoms. The summed E-state index contributed by atoms with van der Waals surface area (Å²) in [7, 11) is 1.33. The minimum atomic E-state index is -0.697. The smallest absolute Gasteiger partial charge is 0.338 e. The number of rotatable bonds is 7. The molecule has 0 unspecified atom stereocenters. The van der Waals surface area contributed by atoms with Crippen LogP contribution in [0.1, 0.15) is 23.2 Å². The van der Waals surface area contributed by atoms with Gasteiger partial charge in [0, 0.05) is 24.2 Å². The molecule has 1 aliphatic heterocycles. The largest absolute Gasteiger partial charge is 0.469 e. The Kier molecular flexibility index (Phi) is 7.83. The molecular formula is C22H21ClN2O8. The van der Waals surface area contributed by atoms with Gasteiger partial charge in [-0.3, -0.25) is 19.7 Å². The Hall–Kier alpha value is -3.66. The van der Waals surface area contributed by atoms with Crippen molar-refractivity contribution < 1.29 is 33.5 Å². The molecule has 10 nitrogen and oxygen atoms in total. The summed E-state index contributed by atoms with van der Waals surface area (Å²) < 4.78 is 15.3. The number of carbonyl (C=O) groups is 3. The highest BCUT2D eigenvalue weighted by atomic mass is 35.5. The summed E-state index contributed by atoms with van der Waals surface area (Å²) in [6.45, 7) is 0.356. The fraction of sp³-hybridized carbons (Fsp3) is 0.318. The summed E-state index contributed by atoms with van der Waals surface area (Å²) in [6, 6.07) is 9.77. The van der Waals surface area contributed by atoms with E-state index in [-0.39, 0.29) is 45.6 Å². The van der Waals surface area contributed by atoms with Gasteiger partial charge in [-0.25, -0.2) is 4.79 Å². The molecular weight excluding hydrogens is 456 g/mol. The van der Waals surface area contributed by atoms with E-state index in [0.29, 0.717) is 25.9 Å². The Bertz CT molecular complexity index is 1050. The maximum absolute atomic E-state index is 12.3. The van der Waals surface area contributed by atoms with E-state index in [2.05, 4.69) is 0 Å². The molecule has 3 rings (SSSR count). The lowest BCUT2D eigenvalue weighted by Gasteiger charge is -2.30. The molecule has 11 heteroatoms. The second-order valence-corrected chi connectivity index (χ2v) is 7.69. The molecule has 2 aromatic rings. The average molecular weight is 477 g/mol. The van der Waals surface area contributed by atoms with E-state index in [9.17, 15) is 24.5 Å². The monoisotopic (exact) mass is 476 g/mol. The van der Waals surface area contributed by atoms with E-state index < -0.39 is 17.5 Å². The summed E-state index contributed by atoms with van der Waals surface area (Å²) in [5, 5.41) is 11.4. The van der Waals surface area contributed by atoms with Crippen LogP contribution < -0.4 is 4.74 Å². The van der Waals surface area contributed by atoms with Crippen molar-refractivity contribution in [3.8, 4) is 11.5 Å². The van der Waals surface area contributed by atoms with Crippen molar-refractivity contribution in [2.45, 2.75) is 12.8 Å². The number of carbonyl (C=O) groups excluding carboxylic acids is 3. The standard InChI is InChI=1S/C22H21ClN2O8/c1-31-21(27)15-8-10-24(11-9-15)20(26)13-32-22(28)14-2-5-17(6-3-14)33-19-7-4-16(23)12-18(19)25(29)30/h2-7,12,15H,8-11,13H2,1H3. The number of halogens is 1. The van der Waals surface area contributed by atoms with Crippen molar-refractivity contribution in [1.29, 1.82) is 0 Å². The van der Waals surface area contributed by atoms with Crippen LogP contribution in [0.5, 0.6) is 11.5 Å². The molecule has 1 aliphatic rings. The van der Waals surface area contributed by atoms with Crippen LogP contribution in [-0.2, 0) is 19.1 Å². The molecule has 1 heterocycles. The zero-order valence-corrected chi connectivity index (χ0v) is 18.4. The van der Waals surface area contributed by atoms with Crippen LogP contribution in [0.3, 0.4) is 0 Å². The number of methoxy groups -OCH3 is 1. The molecule has 1 fully saturated rings. The number of ether oxygens (including phenoxy) is 3. The first-order valence-corrected chi connectivity index (χ1v) is 10.4. The molecule has 33 heavy (non-hydrogen) atoms. The number of amides is 1. The van der Waals surface area contributed by atoms with Gasteiger partial charge in [-0.15, -0.1) is 0 Å². The fourth-order valence-electron chi connectivity index (χ4n) is 3.34. The minimum absolute atomic E-state index is 0.00120. The predicted molar refractivity (Wildman–Crippen MR) is 116 cm³/mol. The molecule has 0 N–H and O–H groups in total. The molecule has 0 aliphatic carbocycles. The van der Waals surface area contributed by atoms with Gasteiger partial charge in [-0.1, -0.05) is 11.6 Å². The van der Waals surface area contributed by atoms with Gasteiger partial charge in [0.15, 0.2) is 6.61 Å². The topological polar surface area (TPSA) is 125 Å². The quantitative estimate of drug-likeness (QED) is 0.337. The number of likely N-dealkylation sites (tertiary alicyclic amines) is 1. The number of nitrogens with zero attached hydrogens (tertiary/aromatic N) is 2. The second kappa shape index (κ2) is 10.8. The number of nitro benzene ring substituents is 1. The average Bonchev–Trinajstić information content (AvgIpc) is 2.83. The molecule has 0 radical (unpaired) electrons. The summed E-state index contributed by atoms with van der Waals surface area (Å²) in [6.07, 6.45) is 0.999. The van der Waals surface area contributed by atoms with E-state index in [1.807, 2.05) is 0 Å². The first-order valence-electron chi connectivity index (χ1n) is 10.0. The van der Waals surface area contributed by atoms with Crippen LogP contribution in [0.2, 0.25) is 5.02 Å². The van der Waals surface area contributed by atoms with Crippen LogP contribution in [0.25, 0.3) is 0 Å². The van der Waals surface area contributed by atoms with Gasteiger partial charge in [0.25, 0.3) is 5.91 Å². The van der Waals surface area contributed by atoms with E-state index >= 15 is 0 Å². The lowest BCUT2D eigenvalue weighted by molar-refractivity contribution is -0.385. The van der Waals surface area contributed by atoms with Gasteiger partial charge in [-0.05, 0) is 49.2 Å². The highest BCUT2D eigenvalue weighted by Gasteiger charge is 2.28. The third-order valence-corrected chi connectivity index (χ3v) is 5.38. The number of benzene rings is 2. The van der Waals surface area contributed by atoms with Crippen molar-refractivity contribution in [2.24, 2.45) is 5.92 Å². The zero-order valence-electron chi connectivity index (χ0n) is 17.7. The number of hydrogen-bond donors (Lipinski definition) is 0. The van der Waals surface area contributed by atoms with E-state index in [4.69, 9.17) is 25.8 Å². The summed E-state index contributed by atoms with van der Waals surface area (Å²) >= 11 is 5.79. The van der Waals surface area contributed by atoms with Gasteiger partial charge < -0.3 is 19.1 Å². The summed E-state index contributed by atoms with van der Waals surface area (Å²) in [5.41, 5.74) is -0.106. The lowest BCUT2D eigenvalue weighted by atomic mass is 9.97. The zero-order chi connectivity index (χ0) is 24.0. The summed E-state index contributed by atoms with van der Waals surface area (Å²) in [4.78, 5) is 48.2. The van der Waals surface area contributed by atoms with Gasteiger partial charge in [0.05, 0.1) is 23.5 Å². The Morgan fingerprint density at radius 1 is 1.12 bits per heavy atom. The maximum Gasteiger partial charge on any atom is 0.338 e. The third-order valence-electron chi connectivity index (χ3n) is 5.14. The van der Waals surface area contributed by atoms with Gasteiger partial charge in [-0.2, -0.15) is 0 Å². The highest BCUT2D eigenvalue weighted by Crippen LogP contribution is 2.33. The van der Waals surface area contributed by atoms with Crippen molar-refractivity contribution in [3.63, 3.8) is 0 Å². The first kappa shape index (κ1) is 24.0. The van der Waals surface area contributed by atoms with Crippen molar-refractivity contribution in [3.05, 3.63) is 63.2 Å². The van der Waals surface area contributed by atoms with Crippen molar-refractivity contribution in [1.82, 2.24) is 4.90 Å². The molecule has 174 valence electrons. The number of esters is 2. The van der Waals surface area contributed by atoms with Crippen molar-refractivity contribution in [2.75, 3.05) is 26.8 Å². The van der Waals surface area contributed by atoms with Gasteiger partial charge >= 0.3 is 17.6 Å². The normalized spacial score (nSPS) is 13.8. The van der Waals surface area contributed by atoms with Crippen LogP contribution >= 0.6 is 11.6 Å². The number of piperidine rings is 1. The molecule has 0 aromatic heterocycles. The Balaban J connectivity index is 1.52. The molecule has 2 aromatic carbocycles. The van der Waals surface area contributed by atoms with Crippen molar-refractivity contribution >= 4 is 35.1 Å². The Morgan fingerprint density at radius 3 is 2.39 bits per heavy atom. The maximum atomic E-state index is 12.3. The summed E-state index contributed by atoms with van der Waals surface area (Å²) in [5.74, 6) is -1.29. The van der Waals surface area contributed by atoms with E-state index in [1.165, 1.54) is 49.6 Å². The molecule has 1 amide bonds. The number of hydrogen-bond acceptors (Lipinski definition) is 8. The number of nitro groups is 1. The molecule has 0 atom stereocenters. The van der Waals surface area contributed by atoms with E-state index in [0.717, 1.165) is 0 Å². The second-order valence-electron chi connectivity index (χ2n) is 7.25. The predicted octanol–water partition coefficient (Wildman–Crippen LogP) is 3.61. The first-order chi connectivity index (χ1) is 15.8. The van der Waals surface area contributed by atoms with E-state index in [1.54, 1.807) is 4.90 Å². The highest BCUT2D eigenvalue weighted by molar-refractivity contribution is 6.30. The Labute approximate surface area is 194 Å². The Morgan fingerprint density at radius 2 is 1.79 bits per heavy atom. The third kappa shape index (κ3) is 6.19. The fourth-order valence-corrected chi connectivity index (χ4v) is 3.51. The van der Waals surface area contributed by atoms with Gasteiger partial charge in [0.2, 0.25) is 5.75 Å². The lowest BCUT2D eigenvalue weighted by Crippen LogP contribution is -2.42. The van der Waals surface area contributed by atoms with Crippen LogP contribution in [0.15, 0.2) is 42.5 Å². The van der Waals surface area contributed by atoms with Crippen LogP contribution in [0.4, 0.5) is 5.69 Å². The van der Waals surface area contributed by atoms with Crippen LogP contribution in [0, 0.1) is 16.0 Å². The molecule has 1 saturated heterocycles.